The van der Waals surface area contributed by atoms with E-state index in [0.717, 1.165) is 81.7 Å². The lowest BCUT2D eigenvalue weighted by Gasteiger charge is -2.36. The minimum Gasteiger partial charge on any atom is -0.338 e. The molecule has 19 aromatic carbocycles. The Bertz CT molecular complexity index is 8450. The van der Waals surface area contributed by atoms with Crippen LogP contribution in [0.4, 0.5) is 51.2 Å². The van der Waals surface area contributed by atoms with Crippen molar-refractivity contribution >= 4 is 116 Å². The highest BCUT2D eigenvalue weighted by molar-refractivity contribution is 6.18. The van der Waals surface area contributed by atoms with Crippen LogP contribution in [0, 0.1) is 0 Å². The molecule has 2 aromatic heterocycles. The van der Waals surface area contributed by atoms with Crippen molar-refractivity contribution in [2.24, 2.45) is 0 Å². The molecule has 5 aliphatic rings. The Morgan fingerprint density at radius 3 is 1.39 bits per heavy atom. The van der Waals surface area contributed by atoms with Crippen LogP contribution in [0.15, 0.2) is 510 Å². The maximum atomic E-state index is 4.51. The number of fused-ring (bicyclic) bond motifs is 18. The van der Waals surface area contributed by atoms with Crippen LogP contribution in [-0.4, -0.2) is 15.7 Å². The molecule has 21 aromatic rings. The SMILES string of the molecule is C1=CCCC(N2c3ccccc3-c3ccc(-c4ccc(N(c5ccc(-c6ccccc6)cc5)c5ccc6c7ccccc7n(-c7ccccc7)c6c5)cc4)c4cccc2c34)=C1.C=C/C=C\C(=C)N1C/C=C\C=C/Cc2ccc(-c3ccc(N(c4ccc5c(c4)C4(c6ccccc6-c6ccccc64)c4ccccc4-5)c4ccc5c(c4)c4ccccc4n5-c4ccccc4)cc3)c3cccc1c23. The van der Waals surface area contributed by atoms with Crippen molar-refractivity contribution in [2.75, 3.05) is 26.1 Å². The minimum atomic E-state index is -0.474. The summed E-state index contributed by atoms with van der Waals surface area (Å²) in [6, 6.07) is 157. The number of para-hydroxylation sites is 5. The molecule has 6 nitrogen and oxygen atoms in total. The highest BCUT2D eigenvalue weighted by Crippen LogP contribution is 2.64. The number of hydrogen-bond acceptors (Lipinski definition) is 4. The lowest BCUT2D eigenvalue weighted by atomic mass is 9.70. The first-order valence-electron chi connectivity index (χ1n) is 46.9. The van der Waals surface area contributed by atoms with E-state index >= 15 is 0 Å². The molecule has 1 spiro atoms. The molecule has 4 heterocycles. The normalized spacial score (nSPS) is 14.0. The van der Waals surface area contributed by atoms with Crippen LogP contribution in [0.3, 0.4) is 0 Å². The number of nitrogens with zero attached hydrogens (tertiary/aromatic N) is 6. The van der Waals surface area contributed by atoms with Crippen molar-refractivity contribution in [3.8, 4) is 78.1 Å². The van der Waals surface area contributed by atoms with Crippen molar-refractivity contribution in [3.63, 3.8) is 0 Å². The molecule has 0 unspecified atom stereocenters. The summed E-state index contributed by atoms with van der Waals surface area (Å²) in [6.45, 7) is 9.13. The zero-order valence-electron chi connectivity index (χ0n) is 74.6. The number of hydrogen-bond donors (Lipinski definition) is 0. The summed E-state index contributed by atoms with van der Waals surface area (Å²) in [6.07, 6.45) is 24.2. The van der Waals surface area contributed by atoms with E-state index < -0.39 is 5.41 Å². The first kappa shape index (κ1) is 79.8. The van der Waals surface area contributed by atoms with E-state index in [0.29, 0.717) is 6.54 Å². The molecule has 0 atom stereocenters. The molecule has 0 bridgehead atoms. The molecule has 638 valence electrons. The van der Waals surface area contributed by atoms with Gasteiger partial charge in [0.05, 0.1) is 38.9 Å². The van der Waals surface area contributed by atoms with Gasteiger partial charge < -0.3 is 28.7 Å². The van der Waals surface area contributed by atoms with Gasteiger partial charge in [0.1, 0.15) is 0 Å². The molecule has 0 saturated carbocycles. The predicted octanol–water partition coefficient (Wildman–Crippen LogP) is 34.2. The topological polar surface area (TPSA) is 22.8 Å². The van der Waals surface area contributed by atoms with Crippen LogP contribution in [0.1, 0.15) is 40.7 Å². The van der Waals surface area contributed by atoms with Gasteiger partial charge in [0, 0.05) is 107 Å². The van der Waals surface area contributed by atoms with Gasteiger partial charge in [-0.25, -0.2) is 0 Å². The van der Waals surface area contributed by atoms with E-state index in [9.17, 15) is 0 Å². The van der Waals surface area contributed by atoms with Gasteiger partial charge in [-0.3, -0.25) is 0 Å². The van der Waals surface area contributed by atoms with Gasteiger partial charge in [0.25, 0.3) is 0 Å². The third kappa shape index (κ3) is 13.2. The smallest absolute Gasteiger partial charge is 0.0726 e. The highest BCUT2D eigenvalue weighted by atomic mass is 15.2. The Labute approximate surface area is 786 Å². The Kier molecular flexibility index (Phi) is 19.7. The van der Waals surface area contributed by atoms with Gasteiger partial charge in [-0.05, 0) is 265 Å². The van der Waals surface area contributed by atoms with Crippen LogP contribution < -0.4 is 19.6 Å². The zero-order chi connectivity index (χ0) is 89.6. The van der Waals surface area contributed by atoms with Crippen LogP contribution in [0.25, 0.3) is 143 Å². The van der Waals surface area contributed by atoms with Gasteiger partial charge in [-0.1, -0.05) is 353 Å². The van der Waals surface area contributed by atoms with Gasteiger partial charge in [-0.15, -0.1) is 0 Å². The monoisotopic (exact) mass is 1720 g/mol. The van der Waals surface area contributed by atoms with E-state index in [2.05, 4.69) is 509 Å². The van der Waals surface area contributed by atoms with E-state index in [-0.39, 0.29) is 0 Å². The predicted molar refractivity (Wildman–Crippen MR) is 570 cm³/mol. The van der Waals surface area contributed by atoms with Crippen LogP contribution in [0.5, 0.6) is 0 Å². The van der Waals surface area contributed by atoms with Crippen LogP contribution in [-0.2, 0) is 11.8 Å². The first-order chi connectivity index (χ1) is 66.9. The van der Waals surface area contributed by atoms with E-state index in [1.165, 1.54) is 171 Å². The van der Waals surface area contributed by atoms with E-state index in [1.54, 1.807) is 6.08 Å². The molecule has 135 heavy (non-hydrogen) atoms. The lowest BCUT2D eigenvalue weighted by molar-refractivity contribution is 0.793. The summed E-state index contributed by atoms with van der Waals surface area (Å²) in [5.41, 5.74) is 40.5. The van der Waals surface area contributed by atoms with E-state index in [4.69, 9.17) is 0 Å². The second-order valence-electron chi connectivity index (χ2n) is 35.6. The Balaban J connectivity index is 0.000000147. The Morgan fingerprint density at radius 2 is 0.756 bits per heavy atom. The number of rotatable bonds is 15. The van der Waals surface area contributed by atoms with Gasteiger partial charge in [-0.2, -0.15) is 0 Å². The number of benzene rings is 19. The average Bonchev–Trinajstić information content (AvgIpc) is 1.51. The highest BCUT2D eigenvalue weighted by Gasteiger charge is 2.52. The largest absolute Gasteiger partial charge is 0.338 e. The van der Waals surface area contributed by atoms with E-state index in [1.807, 2.05) is 12.2 Å². The molecular formula is C129H92N6. The molecule has 0 fully saturated rings. The Hall–Kier alpha value is -17.3. The van der Waals surface area contributed by atoms with Gasteiger partial charge in [0.2, 0.25) is 0 Å². The second kappa shape index (κ2) is 33.3. The lowest BCUT2D eigenvalue weighted by Crippen LogP contribution is -2.26. The molecule has 3 aliphatic carbocycles. The number of allylic oxidation sites excluding steroid dienone is 10. The summed E-state index contributed by atoms with van der Waals surface area (Å²) in [7, 11) is 0. The van der Waals surface area contributed by atoms with Crippen molar-refractivity contribution in [3.05, 3.63) is 538 Å². The van der Waals surface area contributed by atoms with Crippen molar-refractivity contribution in [1.29, 1.82) is 0 Å². The molecule has 0 saturated heterocycles. The fourth-order valence-corrected chi connectivity index (χ4v) is 22.5. The molecule has 0 N–H and O–H groups in total. The first-order valence-corrected chi connectivity index (χ1v) is 46.9. The fourth-order valence-electron chi connectivity index (χ4n) is 22.5. The summed E-state index contributed by atoms with van der Waals surface area (Å²) in [5, 5.41) is 9.94. The third-order valence-electron chi connectivity index (χ3n) is 28.4. The van der Waals surface area contributed by atoms with Gasteiger partial charge in [0.15, 0.2) is 0 Å². The van der Waals surface area contributed by atoms with Crippen LogP contribution in [0.2, 0.25) is 0 Å². The van der Waals surface area contributed by atoms with Crippen LogP contribution >= 0.6 is 0 Å². The van der Waals surface area contributed by atoms with Crippen molar-refractivity contribution in [2.45, 2.75) is 24.7 Å². The number of anilines is 9. The maximum Gasteiger partial charge on any atom is 0.0726 e. The zero-order valence-corrected chi connectivity index (χ0v) is 74.6. The quantitative estimate of drug-likeness (QED) is 0.0954. The number of aromatic nitrogens is 2. The summed E-state index contributed by atoms with van der Waals surface area (Å²) in [5.74, 6) is 0. The fraction of sp³-hybridized carbons (Fsp3) is 0.0388. The van der Waals surface area contributed by atoms with Gasteiger partial charge >= 0.3 is 0 Å². The summed E-state index contributed by atoms with van der Waals surface area (Å²) < 4.78 is 4.79. The summed E-state index contributed by atoms with van der Waals surface area (Å²) in [4.78, 5) is 9.67. The minimum absolute atomic E-state index is 0.474. The van der Waals surface area contributed by atoms with Crippen molar-refractivity contribution in [1.82, 2.24) is 9.13 Å². The third-order valence-corrected chi connectivity index (χ3v) is 28.4. The Morgan fingerprint density at radius 1 is 0.304 bits per heavy atom. The molecule has 0 amide bonds. The second-order valence-corrected chi connectivity index (χ2v) is 35.6. The summed E-state index contributed by atoms with van der Waals surface area (Å²) >= 11 is 0. The maximum absolute atomic E-state index is 4.51. The molecule has 26 rings (SSSR count). The average molecular weight is 1730 g/mol. The molecule has 6 heteroatoms. The standard InChI is InChI=1S/C71H51N3.C58H41N3/c1-3-4-21-48(2)72-45-19-6-5-8-22-50-37-42-55(61-29-20-34-69(72)70(50)61)49-35-38-52(39-36-49)73(53-41-44-68-62(46-53)60-28-14-18-33-67(60)74(68)51-23-9-7-10-24-51)54-40-43-59-58-27-13-17-32-65(58)71(66(59)47-54)63-30-15-11-25-56(63)57-26-12-16-31-64(57)71;1-4-15-40(16-5-1)41-27-31-45(32-28-41)59(47-35-36-51-49-21-10-12-24-54(49)61(57(51)39-47)44-19-8-3-9-20-44)46-33-29-42(30-34-46)48-37-38-53-50-22-11-13-25-55(50)60(43-17-6-2-7-18-43)56-26-14-23-52(48)58(53)56/h3-21,23-44,46-47H,1-2,22,45H2;1-6,8-17,19-39H,7,18H2/b8-5-,19-6-,21-4-;. The molecular weight excluding hydrogens is 1630 g/mol. The van der Waals surface area contributed by atoms with Crippen molar-refractivity contribution < 1.29 is 0 Å². The molecule has 0 radical (unpaired) electrons. The molecule has 2 aliphatic heterocycles.